The zero-order valence-electron chi connectivity index (χ0n) is 22.6. The number of rotatable bonds is 8. The normalized spacial score (nSPS) is 20.0. The summed E-state index contributed by atoms with van der Waals surface area (Å²) in [6.45, 7) is 0.228. The highest BCUT2D eigenvalue weighted by atomic mass is 19.1. The van der Waals surface area contributed by atoms with Gasteiger partial charge in [0.05, 0.1) is 37.2 Å². The van der Waals surface area contributed by atoms with Crippen molar-refractivity contribution in [3.8, 4) is 5.75 Å². The van der Waals surface area contributed by atoms with Crippen molar-refractivity contribution < 1.29 is 23.5 Å². The van der Waals surface area contributed by atoms with Crippen LogP contribution in [0.15, 0.2) is 103 Å². The van der Waals surface area contributed by atoms with Gasteiger partial charge in [-0.15, -0.1) is 0 Å². The summed E-state index contributed by atoms with van der Waals surface area (Å²) >= 11 is 0. The lowest BCUT2D eigenvalue weighted by molar-refractivity contribution is -0.142. The molecule has 4 aromatic rings. The minimum atomic E-state index is -1.45. The van der Waals surface area contributed by atoms with Gasteiger partial charge in [-0.1, -0.05) is 84.9 Å². The summed E-state index contributed by atoms with van der Waals surface area (Å²) < 4.78 is 20.8. The van der Waals surface area contributed by atoms with E-state index in [1.165, 1.54) is 15.9 Å². The van der Waals surface area contributed by atoms with Gasteiger partial charge in [-0.05, 0) is 46.9 Å². The molecule has 0 aromatic heterocycles. The molecule has 0 aliphatic carbocycles. The fourth-order valence-electron chi connectivity index (χ4n) is 6.22. The van der Waals surface area contributed by atoms with Gasteiger partial charge in [-0.2, -0.15) is 0 Å². The number of carbonyl (C=O) groups excluding carboxylic acids is 3. The van der Waals surface area contributed by atoms with E-state index in [4.69, 9.17) is 4.74 Å². The van der Waals surface area contributed by atoms with Crippen molar-refractivity contribution in [2.75, 3.05) is 12.0 Å². The van der Waals surface area contributed by atoms with E-state index >= 15 is 4.39 Å². The van der Waals surface area contributed by atoms with Crippen molar-refractivity contribution in [3.63, 3.8) is 0 Å². The molecule has 0 bridgehead atoms. The zero-order valence-corrected chi connectivity index (χ0v) is 22.6. The number of halogens is 1. The minimum Gasteiger partial charge on any atom is -0.497 e. The van der Waals surface area contributed by atoms with Gasteiger partial charge in [0.2, 0.25) is 17.7 Å². The van der Waals surface area contributed by atoms with Crippen LogP contribution in [0.2, 0.25) is 0 Å². The van der Waals surface area contributed by atoms with Crippen molar-refractivity contribution in [1.82, 2.24) is 4.90 Å². The van der Waals surface area contributed by atoms with Crippen LogP contribution in [0.3, 0.4) is 0 Å². The van der Waals surface area contributed by atoms with Crippen LogP contribution in [0, 0.1) is 11.7 Å². The van der Waals surface area contributed by atoms with Crippen molar-refractivity contribution in [3.05, 3.63) is 131 Å². The largest absolute Gasteiger partial charge is 0.497 e. The van der Waals surface area contributed by atoms with E-state index < -0.39 is 23.1 Å². The average molecular weight is 549 g/mol. The Bertz CT molecular complexity index is 1610. The van der Waals surface area contributed by atoms with Crippen molar-refractivity contribution >= 4 is 23.4 Å². The third kappa shape index (κ3) is 4.57. The van der Waals surface area contributed by atoms with Crippen LogP contribution in [0.1, 0.15) is 28.7 Å². The van der Waals surface area contributed by atoms with E-state index in [9.17, 15) is 14.4 Å². The average Bonchev–Trinajstić information content (AvgIpc) is 3.41. The number of para-hydroxylation sites is 1. The van der Waals surface area contributed by atoms with Gasteiger partial charge < -0.3 is 9.64 Å². The van der Waals surface area contributed by atoms with Gasteiger partial charge >= 0.3 is 0 Å². The first-order valence-electron chi connectivity index (χ1n) is 13.6. The Balaban J connectivity index is 1.45. The number of amides is 3. The number of hydrogen-bond acceptors (Lipinski definition) is 4. The Hall–Kier alpha value is -4.78. The lowest BCUT2D eigenvalue weighted by Crippen LogP contribution is -2.49. The van der Waals surface area contributed by atoms with Crippen LogP contribution in [0.25, 0.3) is 0 Å². The van der Waals surface area contributed by atoms with Gasteiger partial charge in [0.1, 0.15) is 11.6 Å². The molecular formula is C34H29FN2O4. The molecule has 0 spiro atoms. The van der Waals surface area contributed by atoms with E-state index in [-0.39, 0.29) is 43.4 Å². The number of imide groups is 1. The highest BCUT2D eigenvalue weighted by molar-refractivity contribution is 6.14. The zero-order chi connectivity index (χ0) is 28.6. The molecule has 0 unspecified atom stereocenters. The first-order valence-corrected chi connectivity index (χ1v) is 13.6. The molecule has 4 aromatic carbocycles. The summed E-state index contributed by atoms with van der Waals surface area (Å²) in [6, 6.07) is 30.6. The Morgan fingerprint density at radius 2 is 1.37 bits per heavy atom. The number of hydrogen-bond donors (Lipinski definition) is 0. The summed E-state index contributed by atoms with van der Waals surface area (Å²) in [5.41, 5.74) is 1.59. The van der Waals surface area contributed by atoms with E-state index in [0.717, 1.165) is 16.7 Å². The number of methoxy groups -OCH3 is 1. The third-order valence-electron chi connectivity index (χ3n) is 8.21. The SMILES string of the molecule is COc1ccc(CN2C(=O)C[C@H]([C@]3(Cc4ccccc4)C(=O)N(Cc4ccccc4)c4c(F)cccc43)C2=O)cc1. The molecule has 2 heterocycles. The molecule has 7 heteroatoms. The molecule has 6 nitrogen and oxygen atoms in total. The second kappa shape index (κ2) is 10.7. The second-order valence-electron chi connectivity index (χ2n) is 10.6. The molecule has 1 saturated heterocycles. The highest BCUT2D eigenvalue weighted by Gasteiger charge is 2.61. The summed E-state index contributed by atoms with van der Waals surface area (Å²) in [7, 11) is 1.57. The van der Waals surface area contributed by atoms with Gasteiger partial charge in [0, 0.05) is 6.42 Å². The fraction of sp³-hybridized carbons (Fsp3) is 0.206. The predicted octanol–water partition coefficient (Wildman–Crippen LogP) is 5.44. The quantitative estimate of drug-likeness (QED) is 0.275. The number of nitrogens with zero attached hydrogens (tertiary/aromatic N) is 2. The number of ether oxygens (including phenoxy) is 1. The molecule has 206 valence electrons. The second-order valence-corrected chi connectivity index (χ2v) is 10.6. The maximum absolute atomic E-state index is 15.6. The van der Waals surface area contributed by atoms with Gasteiger partial charge in [0.25, 0.3) is 0 Å². The third-order valence-corrected chi connectivity index (χ3v) is 8.21. The van der Waals surface area contributed by atoms with Gasteiger partial charge in [0.15, 0.2) is 0 Å². The standard InChI is InChI=1S/C34H29FN2O4/c1-41-26-17-15-25(16-18-26)21-36-30(38)19-28(32(36)39)34(20-23-9-4-2-5-10-23)27-13-8-14-29(35)31(27)37(33(34)40)22-24-11-6-3-7-12-24/h2-18,28H,19-22H2,1H3/t28-,34+/m0/s1. The van der Waals surface area contributed by atoms with E-state index in [0.29, 0.717) is 11.3 Å². The van der Waals surface area contributed by atoms with E-state index in [2.05, 4.69) is 0 Å². The predicted molar refractivity (Wildman–Crippen MR) is 153 cm³/mol. The molecule has 2 aliphatic heterocycles. The van der Waals surface area contributed by atoms with Crippen LogP contribution in [-0.2, 0) is 39.3 Å². The molecule has 41 heavy (non-hydrogen) atoms. The lowest BCUT2D eigenvalue weighted by atomic mass is 9.66. The summed E-state index contributed by atoms with van der Waals surface area (Å²) in [5.74, 6) is -2.00. The summed E-state index contributed by atoms with van der Waals surface area (Å²) in [4.78, 5) is 44.9. The lowest BCUT2D eigenvalue weighted by Gasteiger charge is -2.33. The number of carbonyl (C=O) groups is 3. The van der Waals surface area contributed by atoms with Crippen molar-refractivity contribution in [2.24, 2.45) is 5.92 Å². The molecule has 6 rings (SSSR count). The molecule has 1 fully saturated rings. The van der Waals surface area contributed by atoms with E-state index in [1.807, 2.05) is 60.7 Å². The molecule has 0 N–H and O–H groups in total. The molecule has 0 saturated carbocycles. The molecule has 2 aliphatic rings. The number of benzene rings is 4. The summed E-state index contributed by atoms with van der Waals surface area (Å²) in [5, 5.41) is 0. The Labute approximate surface area is 238 Å². The Kier molecular flexibility index (Phi) is 6.87. The van der Waals surface area contributed by atoms with Crippen LogP contribution in [-0.4, -0.2) is 29.7 Å². The Morgan fingerprint density at radius 3 is 2.02 bits per heavy atom. The number of likely N-dealkylation sites (tertiary alicyclic amines) is 1. The van der Waals surface area contributed by atoms with Crippen molar-refractivity contribution in [2.45, 2.75) is 31.3 Å². The Morgan fingerprint density at radius 1 is 0.756 bits per heavy atom. The smallest absolute Gasteiger partial charge is 0.239 e. The van der Waals surface area contributed by atoms with E-state index in [1.54, 1.807) is 43.5 Å². The minimum absolute atomic E-state index is 0.0809. The van der Waals surface area contributed by atoms with Gasteiger partial charge in [-0.3, -0.25) is 19.3 Å². The number of fused-ring (bicyclic) bond motifs is 1. The topological polar surface area (TPSA) is 66.9 Å². The maximum atomic E-state index is 15.6. The molecular weight excluding hydrogens is 519 g/mol. The monoisotopic (exact) mass is 548 g/mol. The van der Waals surface area contributed by atoms with Crippen molar-refractivity contribution in [1.29, 1.82) is 0 Å². The van der Waals surface area contributed by atoms with Crippen LogP contribution in [0.5, 0.6) is 5.75 Å². The first-order chi connectivity index (χ1) is 19.9. The number of anilines is 1. The van der Waals surface area contributed by atoms with Crippen LogP contribution < -0.4 is 9.64 Å². The maximum Gasteiger partial charge on any atom is 0.239 e. The molecule has 2 atom stereocenters. The summed E-state index contributed by atoms with van der Waals surface area (Å²) in [6.07, 6.45) is 0.0250. The molecule has 0 radical (unpaired) electrons. The van der Waals surface area contributed by atoms with Crippen LogP contribution >= 0.6 is 0 Å². The fourth-order valence-corrected chi connectivity index (χ4v) is 6.22. The first kappa shape index (κ1) is 26.4. The van der Waals surface area contributed by atoms with Crippen LogP contribution in [0.4, 0.5) is 10.1 Å². The molecule has 3 amide bonds. The highest BCUT2D eigenvalue weighted by Crippen LogP contribution is 2.52. The van der Waals surface area contributed by atoms with Gasteiger partial charge in [-0.25, -0.2) is 4.39 Å².